The second kappa shape index (κ2) is 34.8. The number of methoxy groups -OCH3 is 1. The number of halogens is 3. The van der Waals surface area contributed by atoms with Gasteiger partial charge >= 0.3 is 0 Å². The van der Waals surface area contributed by atoms with E-state index in [1.54, 1.807) is 61.7 Å². The lowest BCUT2D eigenvalue weighted by atomic mass is 9.90. The van der Waals surface area contributed by atoms with E-state index >= 15 is 18.8 Å². The van der Waals surface area contributed by atoms with E-state index in [1.165, 1.54) is 84.6 Å². The summed E-state index contributed by atoms with van der Waals surface area (Å²) >= 11 is 9.37. The van der Waals surface area contributed by atoms with Crippen molar-refractivity contribution in [1.82, 2.24) is 46.7 Å². The number of unbranched alkanes of at least 4 members (excludes halogenated alkanes) is 1. The van der Waals surface area contributed by atoms with Crippen LogP contribution in [0.5, 0.6) is 5.75 Å². The van der Waals surface area contributed by atoms with Crippen molar-refractivity contribution < 1.29 is 66.6 Å². The number of rotatable bonds is 13. The second-order valence-corrected chi connectivity index (χ2v) is 28.9. The van der Waals surface area contributed by atoms with Crippen LogP contribution in [0.2, 0.25) is 5.02 Å². The molecule has 10 atom stereocenters. The molecule has 12 N–H and O–H groups in total. The number of ketones is 1. The third kappa shape index (κ3) is 19.4. The molecule has 0 radical (unpaired) electrons. The van der Waals surface area contributed by atoms with Crippen molar-refractivity contribution in [2.45, 2.75) is 170 Å². The highest BCUT2D eigenvalue weighted by Crippen LogP contribution is 2.35. The van der Waals surface area contributed by atoms with Crippen molar-refractivity contribution in [2.24, 2.45) is 17.4 Å². The number of thioether (sulfide) groups is 2. The molecule has 4 aromatic carbocycles. The molecule has 5 aromatic rings. The molecule has 2 bridgehead atoms. The first-order valence-corrected chi connectivity index (χ1v) is 36.5. The number of fused-ring (bicyclic) bond motifs is 6. The van der Waals surface area contributed by atoms with E-state index < -0.39 is 137 Å². The van der Waals surface area contributed by atoms with Gasteiger partial charge in [-0.15, -0.1) is 0 Å². The minimum Gasteiger partial charge on any atom is -0.497 e. The standard InChI is InChI=1S/C72H88ClF2N11O12S2/c1-40-61(88)33-47(31-48-36-78-55-20-17-51(75)35-54(48)55)65(91)81-58(32-46-14-13-45-15-16-50(74)34-53(45)46)69(95)85-24-7-10-60(85)67(93)84-63(41(2)87)68(94)82-57(30-42-11-18-52(98-4)19-12-42)70(96)86-25-8-22-72(86,3)71(97)83-59(64(77)90)39-100-38-44-27-43(28-49(73)29-44)37-99-26-21-62(89)80-56(66(92)79-40)9-5-6-23-76/h11-12,14-20,27-29,34-36,40-41,47,56-60,63,78,87H,5-10,13,21-26,30-33,37-39,76H2,1-4H3,(H2,77,90)(H,79,92)(H,80,89)(H,81,91)(H,82,94)(H,83,97)(H,84,93)/t40-,41-,47-,56+,57+,58+,59+,60+,63+,72+/m1/s1. The van der Waals surface area contributed by atoms with Crippen LogP contribution in [0.4, 0.5) is 8.78 Å². The van der Waals surface area contributed by atoms with Crippen LogP contribution >= 0.6 is 35.1 Å². The first-order valence-electron chi connectivity index (χ1n) is 33.8. The van der Waals surface area contributed by atoms with Crippen molar-refractivity contribution in [3.8, 4) is 5.75 Å². The smallest absolute Gasteiger partial charge is 0.246 e. The molecular weight excluding hydrogens is 1350 g/mol. The molecule has 1 aliphatic carbocycles. The number of carbonyl (C=O) groups is 10. The van der Waals surface area contributed by atoms with Crippen molar-refractivity contribution in [2.75, 3.05) is 38.2 Å². The summed E-state index contributed by atoms with van der Waals surface area (Å²) in [6.45, 7) is 4.64. The van der Waals surface area contributed by atoms with E-state index in [1.807, 2.05) is 6.07 Å². The number of aromatic nitrogens is 1. The van der Waals surface area contributed by atoms with Crippen molar-refractivity contribution in [3.63, 3.8) is 0 Å². The number of amides is 9. The average Bonchev–Trinajstić information content (AvgIpc) is 1.58. The third-order valence-corrected chi connectivity index (χ3v) is 21.3. The topological polar surface area (TPSA) is 347 Å². The van der Waals surface area contributed by atoms with Crippen LogP contribution in [-0.4, -0.2) is 171 Å². The van der Waals surface area contributed by atoms with E-state index in [-0.39, 0.29) is 70.2 Å². The number of H-pyrrole nitrogens is 1. The fourth-order valence-corrected chi connectivity index (χ4v) is 15.5. The Morgan fingerprint density at radius 3 is 2.21 bits per heavy atom. The van der Waals surface area contributed by atoms with Gasteiger partial charge in [0.05, 0.1) is 19.3 Å². The minimum atomic E-state index is -1.74. The zero-order valence-corrected chi connectivity index (χ0v) is 58.8. The number of hydrogen-bond acceptors (Lipinski definition) is 15. The summed E-state index contributed by atoms with van der Waals surface area (Å²) in [5.74, 6) is -8.02. The second-order valence-electron chi connectivity index (χ2n) is 26.3. The Labute approximate surface area is 592 Å². The zero-order valence-electron chi connectivity index (χ0n) is 56.4. The molecule has 28 heteroatoms. The molecule has 4 aliphatic rings. The molecule has 100 heavy (non-hydrogen) atoms. The molecule has 0 spiro atoms. The molecule has 2 fully saturated rings. The number of benzene rings is 4. The molecule has 9 amide bonds. The van der Waals surface area contributed by atoms with Gasteiger partial charge in [-0.3, -0.25) is 47.9 Å². The van der Waals surface area contributed by atoms with Gasteiger partial charge in [0, 0.05) is 89.8 Å². The number of aliphatic hydroxyl groups excluding tert-OH is 1. The summed E-state index contributed by atoms with van der Waals surface area (Å²) < 4.78 is 35.3. The van der Waals surface area contributed by atoms with Crippen LogP contribution in [0.15, 0.2) is 91.1 Å². The van der Waals surface area contributed by atoms with Crippen LogP contribution in [0.1, 0.15) is 118 Å². The van der Waals surface area contributed by atoms with Crippen molar-refractivity contribution in [1.29, 1.82) is 0 Å². The Bertz CT molecular complexity index is 3900. The zero-order chi connectivity index (χ0) is 71.9. The Balaban J connectivity index is 1.05. The van der Waals surface area contributed by atoms with Gasteiger partial charge in [0.15, 0.2) is 5.78 Å². The van der Waals surface area contributed by atoms with Crippen LogP contribution < -0.4 is 48.1 Å². The number of Topliss-reactive ketones (excluding diaryl/α,β-unsaturated/α-hetero) is 1. The number of aliphatic hydroxyl groups is 1. The van der Waals surface area contributed by atoms with Gasteiger partial charge in [-0.1, -0.05) is 41.9 Å². The van der Waals surface area contributed by atoms with Crippen molar-refractivity contribution in [3.05, 3.63) is 141 Å². The molecule has 4 heterocycles. The summed E-state index contributed by atoms with van der Waals surface area (Å²) in [4.78, 5) is 151. The summed E-state index contributed by atoms with van der Waals surface area (Å²) in [6.07, 6.45) is 3.13. The van der Waals surface area contributed by atoms with Gasteiger partial charge in [0.2, 0.25) is 53.2 Å². The fraction of sp³-hybridized carbons (Fsp3) is 0.472. The van der Waals surface area contributed by atoms with Gasteiger partial charge in [-0.25, -0.2) is 8.78 Å². The molecule has 536 valence electrons. The fourth-order valence-electron chi connectivity index (χ4n) is 13.4. The molecular formula is C72H88ClF2N11O12S2. The van der Waals surface area contributed by atoms with Crippen LogP contribution in [0, 0.1) is 17.6 Å². The molecule has 23 nitrogen and oxygen atoms in total. The van der Waals surface area contributed by atoms with Crippen LogP contribution in [0.25, 0.3) is 16.5 Å². The molecule has 3 aliphatic heterocycles. The van der Waals surface area contributed by atoms with E-state index in [0.29, 0.717) is 93.4 Å². The van der Waals surface area contributed by atoms with E-state index in [9.17, 15) is 43.1 Å². The van der Waals surface area contributed by atoms with Crippen molar-refractivity contribution >= 4 is 111 Å². The number of nitrogens with zero attached hydrogens (tertiary/aromatic N) is 2. The Morgan fingerprint density at radius 2 is 1.49 bits per heavy atom. The normalized spacial score (nSPS) is 25.1. The maximum Gasteiger partial charge on any atom is 0.246 e. The lowest BCUT2D eigenvalue weighted by Gasteiger charge is -2.37. The predicted octanol–water partition coefficient (Wildman–Crippen LogP) is 5.36. The summed E-state index contributed by atoms with van der Waals surface area (Å²) in [5.41, 5.74) is 15.1. The van der Waals surface area contributed by atoms with Gasteiger partial charge in [-0.2, -0.15) is 23.5 Å². The number of nitrogens with two attached hydrogens (primary N) is 2. The van der Waals surface area contributed by atoms with Gasteiger partial charge < -0.3 is 68.0 Å². The number of carbonyl (C=O) groups excluding carboxylic acids is 10. The molecule has 1 aromatic heterocycles. The number of primary amides is 1. The summed E-state index contributed by atoms with van der Waals surface area (Å²) in [7, 11) is 1.48. The lowest BCUT2D eigenvalue weighted by molar-refractivity contribution is -0.147. The highest BCUT2D eigenvalue weighted by molar-refractivity contribution is 7.98. The number of hydrogen-bond donors (Lipinski definition) is 10. The first kappa shape index (κ1) is 75.8. The maximum absolute atomic E-state index is 15.5. The SMILES string of the molecule is COc1ccc(C[C@@H]2NC(=O)[C@H]([C@@H](C)O)NC(=O)[C@@H]3CCCN3C(=O)[C@H](CC3=CCc4ccc(F)cc43)NC(=O)[C@H](Cc3c[nH]c4ccc(F)cc34)CC(=O)[C@@H](C)NC(=O)[C@H](CCCCN)NC(=O)CCSCc3cc(Cl)cc(c3)CSC[C@@H](C(N)=O)NC(=O)[C@]3(C)CCCN3C2=O)cc1. The Kier molecular flexibility index (Phi) is 26.4. The predicted molar refractivity (Wildman–Crippen MR) is 378 cm³/mol. The number of nitrogens with one attached hydrogen (secondary N) is 7. The molecule has 0 saturated carbocycles. The highest BCUT2D eigenvalue weighted by Gasteiger charge is 2.49. The molecule has 9 rings (SSSR count). The van der Waals surface area contributed by atoms with E-state index in [2.05, 4.69) is 36.9 Å². The Hall–Kier alpha value is -8.37. The number of ether oxygens (including phenoxy) is 1. The monoisotopic (exact) mass is 1440 g/mol. The highest BCUT2D eigenvalue weighted by atomic mass is 35.5. The largest absolute Gasteiger partial charge is 0.497 e. The quantitative estimate of drug-likeness (QED) is 0.0663. The van der Waals surface area contributed by atoms with E-state index in [0.717, 1.165) is 16.7 Å². The van der Waals surface area contributed by atoms with Gasteiger partial charge in [0.1, 0.15) is 59.2 Å². The minimum absolute atomic E-state index is 0.0168. The van der Waals surface area contributed by atoms with Crippen LogP contribution in [0.3, 0.4) is 0 Å². The third-order valence-electron chi connectivity index (χ3n) is 19.0. The first-order chi connectivity index (χ1) is 47.8. The van der Waals surface area contributed by atoms with Gasteiger partial charge in [0.25, 0.3) is 0 Å². The Morgan fingerprint density at radius 1 is 0.780 bits per heavy atom. The maximum atomic E-state index is 15.5. The lowest BCUT2D eigenvalue weighted by Crippen LogP contribution is -2.64. The molecule has 2 saturated heterocycles. The summed E-state index contributed by atoms with van der Waals surface area (Å²) in [5, 5.41) is 28.9. The van der Waals surface area contributed by atoms with Crippen LogP contribution in [-0.2, 0) is 78.7 Å². The molecule has 0 unspecified atom stereocenters. The average molecular weight is 1440 g/mol. The van der Waals surface area contributed by atoms with Gasteiger partial charge in [-0.05, 0) is 179 Å². The summed E-state index contributed by atoms with van der Waals surface area (Å²) in [6, 6.07) is 11.0. The van der Waals surface area contributed by atoms with E-state index in [4.69, 9.17) is 27.8 Å². The number of aromatic amines is 1. The number of allylic oxidation sites excluding steroid dienone is 1.